The van der Waals surface area contributed by atoms with E-state index in [-0.39, 0.29) is 0 Å². The lowest BCUT2D eigenvalue weighted by molar-refractivity contribution is 0.384. The van der Waals surface area contributed by atoms with Crippen LogP contribution in [0, 0.1) is 0 Å². The Bertz CT molecular complexity index is 364. The van der Waals surface area contributed by atoms with Gasteiger partial charge in [0.1, 0.15) is 0 Å². The minimum absolute atomic E-state index is 0.589. The summed E-state index contributed by atoms with van der Waals surface area (Å²) in [5.74, 6) is 0.589. The van der Waals surface area contributed by atoms with Crippen molar-refractivity contribution in [1.29, 1.82) is 0 Å². The molecule has 1 unspecified atom stereocenters. The molecule has 1 heteroatoms. The van der Waals surface area contributed by atoms with E-state index in [2.05, 4.69) is 55.4 Å². The van der Waals surface area contributed by atoms with Gasteiger partial charge in [-0.1, -0.05) is 42.0 Å². The van der Waals surface area contributed by atoms with Gasteiger partial charge in [0, 0.05) is 12.5 Å². The SMILES string of the molecule is CN(C)CC(C1=CCCCC1)c1ccccc1. The van der Waals surface area contributed by atoms with Gasteiger partial charge in [-0.2, -0.15) is 0 Å². The van der Waals surface area contributed by atoms with Crippen LogP contribution in [0.5, 0.6) is 0 Å². The molecule has 0 aliphatic heterocycles. The van der Waals surface area contributed by atoms with Gasteiger partial charge in [0.2, 0.25) is 0 Å². The van der Waals surface area contributed by atoms with Crippen molar-refractivity contribution in [2.45, 2.75) is 31.6 Å². The highest BCUT2D eigenvalue weighted by Crippen LogP contribution is 2.31. The van der Waals surface area contributed by atoms with Gasteiger partial charge in [-0.25, -0.2) is 0 Å². The molecule has 17 heavy (non-hydrogen) atoms. The predicted molar refractivity (Wildman–Crippen MR) is 74.3 cm³/mol. The van der Waals surface area contributed by atoms with Crippen LogP contribution in [0.2, 0.25) is 0 Å². The Morgan fingerprint density at radius 3 is 2.47 bits per heavy atom. The van der Waals surface area contributed by atoms with E-state index in [0.29, 0.717) is 5.92 Å². The summed E-state index contributed by atoms with van der Waals surface area (Å²) in [4.78, 5) is 2.30. The maximum Gasteiger partial charge on any atom is 0.0175 e. The first-order chi connectivity index (χ1) is 8.27. The molecule has 0 bridgehead atoms. The molecule has 1 aromatic rings. The second-order valence-electron chi connectivity index (χ2n) is 5.25. The highest BCUT2D eigenvalue weighted by Gasteiger charge is 2.18. The van der Waals surface area contributed by atoms with E-state index >= 15 is 0 Å². The number of hydrogen-bond donors (Lipinski definition) is 0. The van der Waals surface area contributed by atoms with E-state index < -0.39 is 0 Å². The van der Waals surface area contributed by atoms with Crippen LogP contribution in [0.4, 0.5) is 0 Å². The van der Waals surface area contributed by atoms with E-state index in [9.17, 15) is 0 Å². The molecule has 0 fully saturated rings. The molecule has 92 valence electrons. The summed E-state index contributed by atoms with van der Waals surface area (Å²) in [7, 11) is 4.33. The van der Waals surface area contributed by atoms with Crippen molar-refractivity contribution < 1.29 is 0 Å². The van der Waals surface area contributed by atoms with Crippen molar-refractivity contribution in [2.75, 3.05) is 20.6 Å². The third kappa shape index (κ3) is 3.44. The summed E-state index contributed by atoms with van der Waals surface area (Å²) in [5, 5.41) is 0. The zero-order valence-corrected chi connectivity index (χ0v) is 11.0. The third-order valence-electron chi connectivity index (χ3n) is 3.52. The molecule has 1 aromatic carbocycles. The Labute approximate surface area is 105 Å². The molecule has 1 aliphatic carbocycles. The molecular weight excluding hydrogens is 206 g/mol. The van der Waals surface area contributed by atoms with Crippen molar-refractivity contribution in [2.24, 2.45) is 0 Å². The Morgan fingerprint density at radius 1 is 1.12 bits per heavy atom. The van der Waals surface area contributed by atoms with Gasteiger partial charge in [-0.05, 0) is 45.3 Å². The van der Waals surface area contributed by atoms with Gasteiger partial charge in [-0.3, -0.25) is 0 Å². The zero-order chi connectivity index (χ0) is 12.1. The van der Waals surface area contributed by atoms with E-state index in [1.54, 1.807) is 5.57 Å². The maximum atomic E-state index is 2.48. The van der Waals surface area contributed by atoms with Crippen molar-refractivity contribution in [1.82, 2.24) is 4.90 Å². The predicted octanol–water partition coefficient (Wildman–Crippen LogP) is 3.83. The first-order valence-corrected chi connectivity index (χ1v) is 6.66. The largest absolute Gasteiger partial charge is 0.308 e. The van der Waals surface area contributed by atoms with Crippen LogP contribution >= 0.6 is 0 Å². The summed E-state index contributed by atoms with van der Waals surface area (Å²) in [6, 6.07) is 10.9. The lowest BCUT2D eigenvalue weighted by Crippen LogP contribution is -2.22. The molecule has 1 nitrogen and oxygen atoms in total. The molecule has 2 rings (SSSR count). The molecule has 0 saturated heterocycles. The average Bonchev–Trinajstić information content (AvgIpc) is 2.38. The Balaban J connectivity index is 2.21. The second kappa shape index (κ2) is 6.02. The number of hydrogen-bond acceptors (Lipinski definition) is 1. The van der Waals surface area contributed by atoms with Gasteiger partial charge in [0.05, 0.1) is 0 Å². The molecule has 0 N–H and O–H groups in total. The summed E-state index contributed by atoms with van der Waals surface area (Å²) >= 11 is 0. The number of nitrogens with zero attached hydrogens (tertiary/aromatic N) is 1. The molecule has 0 heterocycles. The fourth-order valence-corrected chi connectivity index (χ4v) is 2.67. The molecule has 0 amide bonds. The normalized spacial score (nSPS) is 17.9. The molecule has 1 aliphatic rings. The smallest absolute Gasteiger partial charge is 0.0175 e. The Hall–Kier alpha value is -1.08. The highest BCUT2D eigenvalue weighted by molar-refractivity contribution is 5.30. The number of benzene rings is 1. The van der Waals surface area contributed by atoms with Crippen molar-refractivity contribution >= 4 is 0 Å². The molecule has 0 saturated carbocycles. The van der Waals surface area contributed by atoms with Crippen molar-refractivity contribution in [3.8, 4) is 0 Å². The maximum absolute atomic E-state index is 2.48. The van der Waals surface area contributed by atoms with E-state index in [1.165, 1.54) is 31.2 Å². The fourth-order valence-electron chi connectivity index (χ4n) is 2.67. The van der Waals surface area contributed by atoms with Crippen LogP contribution in [-0.2, 0) is 0 Å². The molecule has 0 spiro atoms. The zero-order valence-electron chi connectivity index (χ0n) is 11.0. The molecule has 1 atom stereocenters. The van der Waals surface area contributed by atoms with Crippen LogP contribution in [0.15, 0.2) is 42.0 Å². The summed E-state index contributed by atoms with van der Waals surface area (Å²) < 4.78 is 0. The second-order valence-corrected chi connectivity index (χ2v) is 5.25. The van der Waals surface area contributed by atoms with Gasteiger partial charge in [0.25, 0.3) is 0 Å². The number of allylic oxidation sites excluding steroid dienone is 1. The van der Waals surface area contributed by atoms with Crippen LogP contribution < -0.4 is 0 Å². The van der Waals surface area contributed by atoms with Crippen LogP contribution in [0.3, 0.4) is 0 Å². The summed E-state index contributed by atoms with van der Waals surface area (Å²) in [6.07, 6.45) is 7.76. The average molecular weight is 229 g/mol. The number of rotatable bonds is 4. The minimum Gasteiger partial charge on any atom is -0.308 e. The molecule has 0 radical (unpaired) electrons. The summed E-state index contributed by atoms with van der Waals surface area (Å²) in [6.45, 7) is 1.12. The van der Waals surface area contributed by atoms with Gasteiger partial charge < -0.3 is 4.90 Å². The Morgan fingerprint density at radius 2 is 1.88 bits per heavy atom. The Kier molecular flexibility index (Phi) is 4.38. The van der Waals surface area contributed by atoms with E-state index in [4.69, 9.17) is 0 Å². The summed E-state index contributed by atoms with van der Waals surface area (Å²) in [5.41, 5.74) is 3.12. The van der Waals surface area contributed by atoms with Gasteiger partial charge >= 0.3 is 0 Å². The highest BCUT2D eigenvalue weighted by atomic mass is 15.1. The standard InChI is InChI=1S/C16H23N/c1-17(2)13-16(14-9-5-3-6-10-14)15-11-7-4-8-12-15/h3,5-6,9-11,16H,4,7-8,12-13H2,1-2H3. The van der Waals surface area contributed by atoms with Crippen LogP contribution in [0.1, 0.15) is 37.2 Å². The van der Waals surface area contributed by atoms with Gasteiger partial charge in [-0.15, -0.1) is 0 Å². The van der Waals surface area contributed by atoms with E-state index in [1.807, 2.05) is 0 Å². The third-order valence-corrected chi connectivity index (χ3v) is 3.52. The van der Waals surface area contributed by atoms with E-state index in [0.717, 1.165) is 6.54 Å². The van der Waals surface area contributed by atoms with Crippen molar-refractivity contribution in [3.63, 3.8) is 0 Å². The van der Waals surface area contributed by atoms with Crippen LogP contribution in [-0.4, -0.2) is 25.5 Å². The first-order valence-electron chi connectivity index (χ1n) is 6.66. The van der Waals surface area contributed by atoms with Crippen LogP contribution in [0.25, 0.3) is 0 Å². The quantitative estimate of drug-likeness (QED) is 0.709. The lowest BCUT2D eigenvalue weighted by Gasteiger charge is -2.26. The fraction of sp³-hybridized carbons (Fsp3) is 0.500. The molecular formula is C16H23N. The van der Waals surface area contributed by atoms with Crippen molar-refractivity contribution in [3.05, 3.63) is 47.5 Å². The van der Waals surface area contributed by atoms with Gasteiger partial charge in [0.15, 0.2) is 0 Å². The number of likely N-dealkylation sites (N-methyl/N-ethyl adjacent to an activating group) is 1. The topological polar surface area (TPSA) is 3.24 Å². The minimum atomic E-state index is 0.589. The molecule has 0 aromatic heterocycles. The monoisotopic (exact) mass is 229 g/mol. The first kappa shape index (κ1) is 12.4. The lowest BCUT2D eigenvalue weighted by atomic mass is 9.84.